The summed E-state index contributed by atoms with van der Waals surface area (Å²) in [5, 5.41) is 0. The van der Waals surface area contributed by atoms with E-state index in [1.807, 2.05) is 6.26 Å². The number of likely N-dealkylation sites (tertiary alicyclic amines) is 1. The smallest absolute Gasteiger partial charge is 0.309 e. The molecule has 1 atom stereocenters. The van der Waals surface area contributed by atoms with Gasteiger partial charge in [0.1, 0.15) is 16.8 Å². The van der Waals surface area contributed by atoms with E-state index < -0.39 is 26.8 Å². The minimum Gasteiger partial charge on any atom is -0.466 e. The Morgan fingerprint density at radius 3 is 2.55 bits per heavy atom. The number of halogens is 1. The molecule has 7 nitrogen and oxygen atoms in total. The third kappa shape index (κ3) is 6.42. The summed E-state index contributed by atoms with van der Waals surface area (Å²) in [6.45, 7) is 2.75. The van der Waals surface area contributed by atoms with Gasteiger partial charge in [-0.25, -0.2) is 12.8 Å². The molecule has 1 saturated heterocycles. The zero-order valence-corrected chi connectivity index (χ0v) is 18.2. The average Bonchev–Trinajstić information content (AvgIpc) is 2.71. The van der Waals surface area contributed by atoms with E-state index in [0.29, 0.717) is 38.3 Å². The van der Waals surface area contributed by atoms with Crippen LogP contribution in [0.2, 0.25) is 0 Å². The van der Waals surface area contributed by atoms with Crippen LogP contribution in [0.5, 0.6) is 0 Å². The number of carbonyl (C=O) groups excluding carboxylic acids is 2. The predicted octanol–water partition coefficient (Wildman–Crippen LogP) is 2.03. The fraction of sp³-hybridized carbons (Fsp3) is 0.579. The summed E-state index contributed by atoms with van der Waals surface area (Å²) in [5.41, 5.74) is 0. The molecule has 1 amide bonds. The number of nitrogens with one attached hydrogen (secondary N) is 1. The fourth-order valence-corrected chi connectivity index (χ4v) is 4.97. The molecule has 1 fully saturated rings. The Morgan fingerprint density at radius 2 is 1.97 bits per heavy atom. The van der Waals surface area contributed by atoms with E-state index in [1.165, 1.54) is 30.0 Å². The molecule has 10 heteroatoms. The maximum Gasteiger partial charge on any atom is 0.309 e. The van der Waals surface area contributed by atoms with Gasteiger partial charge in [0.2, 0.25) is 15.9 Å². The molecular weight excluding hydrogens is 419 g/mol. The average molecular weight is 447 g/mol. The quantitative estimate of drug-likeness (QED) is 0.584. The highest BCUT2D eigenvalue weighted by molar-refractivity contribution is 7.98. The zero-order valence-electron chi connectivity index (χ0n) is 16.6. The normalized spacial score (nSPS) is 16.4. The first-order valence-electron chi connectivity index (χ1n) is 9.51. The number of carbonyl (C=O) groups is 2. The van der Waals surface area contributed by atoms with Crippen molar-refractivity contribution in [2.75, 3.05) is 31.7 Å². The molecule has 2 rings (SSSR count). The van der Waals surface area contributed by atoms with Gasteiger partial charge in [-0.3, -0.25) is 9.59 Å². The molecule has 162 valence electrons. The number of hydrogen-bond acceptors (Lipinski definition) is 6. The van der Waals surface area contributed by atoms with Crippen molar-refractivity contribution in [3.8, 4) is 0 Å². The van der Waals surface area contributed by atoms with Gasteiger partial charge in [-0.2, -0.15) is 16.5 Å². The van der Waals surface area contributed by atoms with Crippen LogP contribution in [0.15, 0.2) is 29.2 Å². The first-order valence-corrected chi connectivity index (χ1v) is 12.4. The lowest BCUT2D eigenvalue weighted by Gasteiger charge is -2.33. The van der Waals surface area contributed by atoms with Crippen molar-refractivity contribution in [2.45, 2.75) is 37.1 Å². The van der Waals surface area contributed by atoms with Gasteiger partial charge in [0, 0.05) is 13.1 Å². The van der Waals surface area contributed by atoms with Crippen molar-refractivity contribution in [3.05, 3.63) is 30.1 Å². The van der Waals surface area contributed by atoms with Crippen LogP contribution in [0.1, 0.15) is 26.2 Å². The third-order valence-electron chi connectivity index (χ3n) is 4.76. The minimum absolute atomic E-state index is 0.251. The van der Waals surface area contributed by atoms with Crippen molar-refractivity contribution in [2.24, 2.45) is 5.92 Å². The Hall–Kier alpha value is -1.65. The van der Waals surface area contributed by atoms with E-state index in [1.54, 1.807) is 11.8 Å². The van der Waals surface area contributed by atoms with Crippen LogP contribution in [0, 0.1) is 11.7 Å². The summed E-state index contributed by atoms with van der Waals surface area (Å²) in [6.07, 6.45) is 3.09. The van der Waals surface area contributed by atoms with Gasteiger partial charge >= 0.3 is 5.97 Å². The molecular formula is C19H27FN2O5S2. The molecule has 1 unspecified atom stereocenters. The Kier molecular flexibility index (Phi) is 8.91. The van der Waals surface area contributed by atoms with Crippen molar-refractivity contribution >= 4 is 33.7 Å². The number of amides is 1. The number of esters is 1. The molecule has 0 saturated carbocycles. The van der Waals surface area contributed by atoms with Crippen LogP contribution >= 0.6 is 11.8 Å². The van der Waals surface area contributed by atoms with Crippen LogP contribution in [-0.2, 0) is 24.3 Å². The lowest BCUT2D eigenvalue weighted by Crippen LogP contribution is -2.51. The van der Waals surface area contributed by atoms with Crippen LogP contribution in [0.4, 0.5) is 4.39 Å². The van der Waals surface area contributed by atoms with E-state index in [-0.39, 0.29) is 24.2 Å². The van der Waals surface area contributed by atoms with Gasteiger partial charge in [0.05, 0.1) is 12.5 Å². The molecule has 0 spiro atoms. The molecule has 0 aromatic heterocycles. The fourth-order valence-electron chi connectivity index (χ4n) is 3.20. The van der Waals surface area contributed by atoms with Gasteiger partial charge < -0.3 is 9.64 Å². The first kappa shape index (κ1) is 23.6. The highest BCUT2D eigenvalue weighted by atomic mass is 32.2. The molecule has 1 aliphatic rings. The molecule has 1 heterocycles. The van der Waals surface area contributed by atoms with Crippen LogP contribution in [-0.4, -0.2) is 62.9 Å². The Balaban J connectivity index is 2.09. The molecule has 1 aromatic carbocycles. The van der Waals surface area contributed by atoms with Gasteiger partial charge in [-0.05, 0) is 50.3 Å². The highest BCUT2D eigenvalue weighted by Crippen LogP contribution is 2.21. The summed E-state index contributed by atoms with van der Waals surface area (Å²) in [4.78, 5) is 25.9. The monoisotopic (exact) mass is 446 g/mol. The van der Waals surface area contributed by atoms with Crippen molar-refractivity contribution in [3.63, 3.8) is 0 Å². The number of nitrogens with zero attached hydrogens (tertiary/aromatic N) is 1. The number of sulfonamides is 1. The SMILES string of the molecule is CCOC(=O)C1CCN(C(=O)C(CCSC)NS(=O)(=O)c2ccccc2F)CC1. The number of ether oxygens (including phenoxy) is 1. The van der Waals surface area contributed by atoms with E-state index in [9.17, 15) is 22.4 Å². The van der Waals surface area contributed by atoms with Crippen LogP contribution in [0.3, 0.4) is 0 Å². The molecule has 1 aliphatic heterocycles. The van der Waals surface area contributed by atoms with E-state index in [4.69, 9.17) is 4.74 Å². The van der Waals surface area contributed by atoms with E-state index in [0.717, 1.165) is 6.07 Å². The summed E-state index contributed by atoms with van der Waals surface area (Å²) >= 11 is 1.49. The lowest BCUT2D eigenvalue weighted by atomic mass is 9.96. The topological polar surface area (TPSA) is 92.8 Å². The highest BCUT2D eigenvalue weighted by Gasteiger charge is 2.33. The van der Waals surface area contributed by atoms with Crippen molar-refractivity contribution < 1.29 is 27.1 Å². The summed E-state index contributed by atoms with van der Waals surface area (Å²) in [6, 6.07) is 4.06. The van der Waals surface area contributed by atoms with Crippen molar-refractivity contribution in [1.82, 2.24) is 9.62 Å². The Bertz CT molecular complexity index is 811. The summed E-state index contributed by atoms with van der Waals surface area (Å²) in [7, 11) is -4.19. The maximum absolute atomic E-state index is 14.0. The summed E-state index contributed by atoms with van der Waals surface area (Å²) < 4.78 is 46.6. The number of benzene rings is 1. The molecule has 29 heavy (non-hydrogen) atoms. The number of hydrogen-bond donors (Lipinski definition) is 1. The number of rotatable bonds is 9. The maximum atomic E-state index is 14.0. The summed E-state index contributed by atoms with van der Waals surface area (Å²) in [5.74, 6) is -1.18. The number of thioether (sulfide) groups is 1. The zero-order chi connectivity index (χ0) is 21.4. The van der Waals surface area contributed by atoms with E-state index in [2.05, 4.69) is 4.72 Å². The Labute approximate surface area is 175 Å². The lowest BCUT2D eigenvalue weighted by molar-refractivity contribution is -0.151. The van der Waals surface area contributed by atoms with Crippen LogP contribution in [0.25, 0.3) is 0 Å². The number of piperidine rings is 1. The molecule has 0 radical (unpaired) electrons. The van der Waals surface area contributed by atoms with Gasteiger partial charge in [-0.15, -0.1) is 0 Å². The van der Waals surface area contributed by atoms with Crippen molar-refractivity contribution in [1.29, 1.82) is 0 Å². The second-order valence-electron chi connectivity index (χ2n) is 6.74. The minimum atomic E-state index is -4.19. The first-order chi connectivity index (χ1) is 13.8. The van der Waals surface area contributed by atoms with Gasteiger partial charge in [-0.1, -0.05) is 12.1 Å². The molecule has 0 bridgehead atoms. The second-order valence-corrected chi connectivity index (χ2v) is 9.41. The van der Waals surface area contributed by atoms with Crippen LogP contribution < -0.4 is 4.72 Å². The van der Waals surface area contributed by atoms with Gasteiger partial charge in [0.15, 0.2) is 0 Å². The Morgan fingerprint density at radius 1 is 1.31 bits per heavy atom. The molecule has 1 N–H and O–H groups in total. The molecule has 0 aliphatic carbocycles. The standard InChI is InChI=1S/C19H27FN2O5S2/c1-3-27-19(24)14-8-11-22(12-9-14)18(23)16(10-13-28-2)21-29(25,26)17-7-5-4-6-15(17)20/h4-7,14,16,21H,3,8-13H2,1-2H3. The largest absolute Gasteiger partial charge is 0.466 e. The molecule has 1 aromatic rings. The third-order valence-corrected chi connectivity index (χ3v) is 6.91. The van der Waals surface area contributed by atoms with E-state index >= 15 is 0 Å². The second kappa shape index (κ2) is 10.9. The predicted molar refractivity (Wildman–Crippen MR) is 109 cm³/mol. The van der Waals surface area contributed by atoms with Gasteiger partial charge in [0.25, 0.3) is 0 Å².